The predicted octanol–water partition coefficient (Wildman–Crippen LogP) is 3.25. The molecule has 0 atom stereocenters. The van der Waals surface area contributed by atoms with Gasteiger partial charge >= 0.3 is 0 Å². The van der Waals surface area contributed by atoms with E-state index >= 15 is 0 Å². The lowest BCUT2D eigenvalue weighted by atomic mass is 10.2. The first-order valence-corrected chi connectivity index (χ1v) is 5.75. The highest BCUT2D eigenvalue weighted by Crippen LogP contribution is 2.29. The van der Waals surface area contributed by atoms with Crippen LogP contribution in [0.5, 0.6) is 0 Å². The fourth-order valence-electron chi connectivity index (χ4n) is 1.78. The monoisotopic (exact) mass is 261 g/mol. The predicted molar refractivity (Wildman–Crippen MR) is 61.1 cm³/mol. The van der Waals surface area contributed by atoms with Crippen molar-refractivity contribution in [1.29, 1.82) is 0 Å². The van der Waals surface area contributed by atoms with Gasteiger partial charge in [0.2, 0.25) is 5.91 Å². The molecule has 1 aromatic carbocycles. The standard InChI is InChI=1S/C11H10Cl2FNO/c12-8-3-4-9(14)7(11(8)13)6-15-5-1-2-10(15)16/h3-4H,1-2,5-6H2. The molecule has 1 aliphatic heterocycles. The molecule has 2 rings (SSSR count). The van der Waals surface area contributed by atoms with Crippen LogP contribution in [0.1, 0.15) is 18.4 Å². The minimum atomic E-state index is -0.422. The third-order valence-corrected chi connectivity index (χ3v) is 3.50. The number of hydrogen-bond donors (Lipinski definition) is 0. The molecule has 0 unspecified atom stereocenters. The highest BCUT2D eigenvalue weighted by atomic mass is 35.5. The molecule has 1 aliphatic rings. The Bertz CT molecular complexity index is 436. The van der Waals surface area contributed by atoms with Gasteiger partial charge in [0.25, 0.3) is 0 Å². The number of carbonyl (C=O) groups excluding carboxylic acids is 1. The molecule has 1 saturated heterocycles. The summed E-state index contributed by atoms with van der Waals surface area (Å²) in [5.74, 6) is -0.385. The maximum atomic E-state index is 13.5. The Balaban J connectivity index is 2.27. The Labute approximate surface area is 103 Å². The molecule has 5 heteroatoms. The molecule has 0 spiro atoms. The molecule has 0 N–H and O–H groups in total. The van der Waals surface area contributed by atoms with Crippen molar-refractivity contribution in [1.82, 2.24) is 4.90 Å². The molecule has 0 bridgehead atoms. The second kappa shape index (κ2) is 4.60. The van der Waals surface area contributed by atoms with Gasteiger partial charge in [0.1, 0.15) is 5.82 Å². The summed E-state index contributed by atoms with van der Waals surface area (Å²) in [5.41, 5.74) is 0.296. The maximum Gasteiger partial charge on any atom is 0.222 e. The Hall–Kier alpha value is -0.800. The first-order chi connectivity index (χ1) is 7.59. The fourth-order valence-corrected chi connectivity index (χ4v) is 2.17. The number of likely N-dealkylation sites (tertiary alicyclic amines) is 1. The Morgan fingerprint density at radius 1 is 1.38 bits per heavy atom. The lowest BCUT2D eigenvalue weighted by Gasteiger charge is -2.17. The normalized spacial score (nSPS) is 15.9. The summed E-state index contributed by atoms with van der Waals surface area (Å²) < 4.78 is 13.5. The minimum absolute atomic E-state index is 0.0374. The molecular formula is C11H10Cl2FNO. The Morgan fingerprint density at radius 2 is 2.12 bits per heavy atom. The van der Waals surface area contributed by atoms with Crippen LogP contribution in [0.25, 0.3) is 0 Å². The zero-order valence-electron chi connectivity index (χ0n) is 8.47. The number of benzene rings is 1. The van der Waals surface area contributed by atoms with Gasteiger partial charge in [-0.3, -0.25) is 4.79 Å². The van der Waals surface area contributed by atoms with Crippen molar-refractivity contribution >= 4 is 29.1 Å². The average Bonchev–Trinajstić information content (AvgIpc) is 2.65. The Kier molecular flexibility index (Phi) is 3.36. The van der Waals surface area contributed by atoms with Crippen molar-refractivity contribution in [2.45, 2.75) is 19.4 Å². The van der Waals surface area contributed by atoms with Crippen molar-refractivity contribution in [2.24, 2.45) is 0 Å². The van der Waals surface area contributed by atoms with Gasteiger partial charge in [-0.25, -0.2) is 4.39 Å². The lowest BCUT2D eigenvalue weighted by molar-refractivity contribution is -0.128. The zero-order chi connectivity index (χ0) is 11.7. The van der Waals surface area contributed by atoms with E-state index in [1.54, 1.807) is 4.90 Å². The van der Waals surface area contributed by atoms with Crippen LogP contribution in [0.4, 0.5) is 4.39 Å². The van der Waals surface area contributed by atoms with Crippen LogP contribution in [0, 0.1) is 5.82 Å². The average molecular weight is 262 g/mol. The summed E-state index contributed by atoms with van der Waals surface area (Å²) in [7, 11) is 0. The number of halogens is 3. The number of rotatable bonds is 2. The van der Waals surface area contributed by atoms with Crippen LogP contribution in [0.15, 0.2) is 12.1 Å². The number of amides is 1. The van der Waals surface area contributed by atoms with Crippen molar-refractivity contribution in [2.75, 3.05) is 6.54 Å². The molecule has 0 radical (unpaired) electrons. The number of nitrogens with zero attached hydrogens (tertiary/aromatic N) is 1. The summed E-state index contributed by atoms with van der Waals surface area (Å²) in [5, 5.41) is 0.506. The van der Waals surface area contributed by atoms with Gasteiger partial charge in [-0.05, 0) is 18.6 Å². The van der Waals surface area contributed by atoms with Crippen LogP contribution in [0.3, 0.4) is 0 Å². The molecular weight excluding hydrogens is 252 g/mol. The van der Waals surface area contributed by atoms with E-state index in [1.165, 1.54) is 12.1 Å². The van der Waals surface area contributed by atoms with Gasteiger partial charge in [0, 0.05) is 18.5 Å². The highest BCUT2D eigenvalue weighted by Gasteiger charge is 2.23. The molecule has 0 aliphatic carbocycles. The highest BCUT2D eigenvalue weighted by molar-refractivity contribution is 6.42. The van der Waals surface area contributed by atoms with E-state index < -0.39 is 5.82 Å². The van der Waals surface area contributed by atoms with Gasteiger partial charge in [-0.2, -0.15) is 0 Å². The summed E-state index contributed by atoms with van der Waals surface area (Å²) in [6.45, 7) is 0.852. The van der Waals surface area contributed by atoms with E-state index in [1.807, 2.05) is 0 Å². The van der Waals surface area contributed by atoms with Crippen LogP contribution in [-0.2, 0) is 11.3 Å². The van der Waals surface area contributed by atoms with Gasteiger partial charge in [0.15, 0.2) is 0 Å². The van der Waals surface area contributed by atoms with E-state index in [0.717, 1.165) is 6.42 Å². The number of carbonyl (C=O) groups is 1. The van der Waals surface area contributed by atoms with E-state index in [-0.39, 0.29) is 17.5 Å². The van der Waals surface area contributed by atoms with E-state index in [0.29, 0.717) is 23.6 Å². The van der Waals surface area contributed by atoms with Crippen LogP contribution >= 0.6 is 23.2 Å². The minimum Gasteiger partial charge on any atom is -0.338 e. The first kappa shape index (κ1) is 11.7. The van der Waals surface area contributed by atoms with Crippen molar-refractivity contribution < 1.29 is 9.18 Å². The first-order valence-electron chi connectivity index (χ1n) is 4.99. The van der Waals surface area contributed by atoms with Gasteiger partial charge in [-0.1, -0.05) is 23.2 Å². The van der Waals surface area contributed by atoms with Crippen LogP contribution in [-0.4, -0.2) is 17.4 Å². The van der Waals surface area contributed by atoms with E-state index in [9.17, 15) is 9.18 Å². The molecule has 1 amide bonds. The molecule has 1 aromatic rings. The molecule has 2 nitrogen and oxygen atoms in total. The van der Waals surface area contributed by atoms with E-state index in [4.69, 9.17) is 23.2 Å². The topological polar surface area (TPSA) is 20.3 Å². The van der Waals surface area contributed by atoms with Crippen LogP contribution < -0.4 is 0 Å². The molecule has 1 heterocycles. The second-order valence-corrected chi connectivity index (χ2v) is 4.53. The third kappa shape index (κ3) is 2.15. The second-order valence-electron chi connectivity index (χ2n) is 3.74. The van der Waals surface area contributed by atoms with Gasteiger partial charge in [0.05, 0.1) is 16.6 Å². The maximum absolute atomic E-state index is 13.5. The zero-order valence-corrected chi connectivity index (χ0v) is 9.98. The molecule has 0 saturated carbocycles. The molecule has 86 valence electrons. The van der Waals surface area contributed by atoms with E-state index in [2.05, 4.69) is 0 Å². The summed E-state index contributed by atoms with van der Waals surface area (Å²) in [6.07, 6.45) is 1.35. The smallest absolute Gasteiger partial charge is 0.222 e. The summed E-state index contributed by atoms with van der Waals surface area (Å²) in [4.78, 5) is 13.0. The van der Waals surface area contributed by atoms with Crippen molar-refractivity contribution in [3.8, 4) is 0 Å². The summed E-state index contributed by atoms with van der Waals surface area (Å²) >= 11 is 11.7. The molecule has 16 heavy (non-hydrogen) atoms. The fraction of sp³-hybridized carbons (Fsp3) is 0.364. The SMILES string of the molecule is O=C1CCCN1Cc1c(F)ccc(Cl)c1Cl. The quantitative estimate of drug-likeness (QED) is 0.749. The Morgan fingerprint density at radius 3 is 2.75 bits per heavy atom. The third-order valence-electron chi connectivity index (χ3n) is 2.66. The molecule has 0 aromatic heterocycles. The molecule has 1 fully saturated rings. The summed E-state index contributed by atoms with van der Waals surface area (Å²) in [6, 6.07) is 2.68. The van der Waals surface area contributed by atoms with Gasteiger partial charge in [-0.15, -0.1) is 0 Å². The van der Waals surface area contributed by atoms with Crippen LogP contribution in [0.2, 0.25) is 10.0 Å². The largest absolute Gasteiger partial charge is 0.338 e. The van der Waals surface area contributed by atoms with Crippen molar-refractivity contribution in [3.63, 3.8) is 0 Å². The number of hydrogen-bond acceptors (Lipinski definition) is 1. The van der Waals surface area contributed by atoms with Crippen molar-refractivity contribution in [3.05, 3.63) is 33.6 Å². The van der Waals surface area contributed by atoms with Gasteiger partial charge < -0.3 is 4.90 Å². The lowest BCUT2D eigenvalue weighted by Crippen LogP contribution is -2.24.